The summed E-state index contributed by atoms with van der Waals surface area (Å²) in [5, 5.41) is 11.0. The van der Waals surface area contributed by atoms with E-state index in [0.717, 1.165) is 36.6 Å². The highest BCUT2D eigenvalue weighted by molar-refractivity contribution is 5.79. The van der Waals surface area contributed by atoms with Crippen molar-refractivity contribution in [3.8, 4) is 0 Å². The van der Waals surface area contributed by atoms with Crippen molar-refractivity contribution in [2.45, 2.75) is 39.2 Å². The maximum absolute atomic E-state index is 4.29. The molecule has 1 aliphatic carbocycles. The summed E-state index contributed by atoms with van der Waals surface area (Å²) >= 11 is 0. The molecule has 1 fully saturated rings. The summed E-state index contributed by atoms with van der Waals surface area (Å²) in [4.78, 5) is 4.29. The second-order valence-corrected chi connectivity index (χ2v) is 5.89. The highest BCUT2D eigenvalue weighted by Gasteiger charge is 2.18. The minimum absolute atomic E-state index is 0.747. The number of aliphatic imine (C=N–C) groups is 1. The predicted molar refractivity (Wildman–Crippen MR) is 82.5 cm³/mol. The quantitative estimate of drug-likeness (QED) is 0.653. The van der Waals surface area contributed by atoms with E-state index in [1.165, 1.54) is 25.7 Å². The number of aryl methyl sites for hydroxylation is 1. The van der Waals surface area contributed by atoms with E-state index in [-0.39, 0.29) is 0 Å². The Morgan fingerprint density at radius 2 is 2.30 bits per heavy atom. The van der Waals surface area contributed by atoms with E-state index in [0.29, 0.717) is 0 Å². The van der Waals surface area contributed by atoms with Crippen LogP contribution in [0.25, 0.3) is 0 Å². The number of hydrogen-bond donors (Lipinski definition) is 2. The van der Waals surface area contributed by atoms with E-state index in [9.17, 15) is 0 Å². The van der Waals surface area contributed by atoms with Crippen LogP contribution in [0.3, 0.4) is 0 Å². The summed E-state index contributed by atoms with van der Waals surface area (Å²) in [6.45, 7) is 4.13. The third-order valence-corrected chi connectivity index (χ3v) is 4.19. The fraction of sp³-hybridized carbons (Fsp3) is 0.733. The molecule has 0 bridgehead atoms. The van der Waals surface area contributed by atoms with Gasteiger partial charge in [0.05, 0.1) is 12.2 Å². The van der Waals surface area contributed by atoms with Gasteiger partial charge in [0, 0.05) is 26.8 Å². The molecule has 1 aliphatic rings. The standard InChI is InChI=1S/C15H27N5/c1-12-5-4-6-13(9-12)10-17-15(16-2)18-11-14-7-8-19-20(14)3/h7-8,12-13H,4-6,9-11H2,1-3H3,(H2,16,17,18). The Kier molecular flexibility index (Phi) is 5.44. The molecule has 2 atom stereocenters. The summed E-state index contributed by atoms with van der Waals surface area (Å²) < 4.78 is 1.88. The van der Waals surface area contributed by atoms with Gasteiger partial charge in [-0.15, -0.1) is 0 Å². The SMILES string of the molecule is CN=C(NCc1ccnn1C)NCC1CCCC(C)C1. The first kappa shape index (κ1) is 14.9. The lowest BCUT2D eigenvalue weighted by molar-refractivity contribution is 0.282. The molecule has 5 nitrogen and oxygen atoms in total. The van der Waals surface area contributed by atoms with Crippen molar-refractivity contribution in [2.75, 3.05) is 13.6 Å². The van der Waals surface area contributed by atoms with Crippen LogP contribution < -0.4 is 10.6 Å². The summed E-state index contributed by atoms with van der Waals surface area (Å²) in [7, 11) is 3.78. The summed E-state index contributed by atoms with van der Waals surface area (Å²) in [6.07, 6.45) is 7.26. The summed E-state index contributed by atoms with van der Waals surface area (Å²) in [5.74, 6) is 2.54. The van der Waals surface area contributed by atoms with Gasteiger partial charge in [0.2, 0.25) is 0 Å². The monoisotopic (exact) mass is 277 g/mol. The second kappa shape index (κ2) is 7.31. The molecule has 5 heteroatoms. The molecule has 1 saturated carbocycles. The molecule has 1 aromatic heterocycles. The molecule has 0 aromatic carbocycles. The third-order valence-electron chi connectivity index (χ3n) is 4.19. The molecular weight excluding hydrogens is 250 g/mol. The van der Waals surface area contributed by atoms with Gasteiger partial charge in [-0.3, -0.25) is 9.67 Å². The first-order valence-corrected chi connectivity index (χ1v) is 7.60. The molecule has 0 radical (unpaired) electrons. The van der Waals surface area contributed by atoms with Crippen LogP contribution in [0.5, 0.6) is 0 Å². The molecule has 2 unspecified atom stereocenters. The third kappa shape index (κ3) is 4.25. The molecule has 0 saturated heterocycles. The maximum Gasteiger partial charge on any atom is 0.191 e. The van der Waals surface area contributed by atoms with E-state index in [4.69, 9.17) is 0 Å². The number of nitrogens with zero attached hydrogens (tertiary/aromatic N) is 3. The lowest BCUT2D eigenvalue weighted by Gasteiger charge is -2.27. The summed E-state index contributed by atoms with van der Waals surface area (Å²) in [6, 6.07) is 2.02. The first-order chi connectivity index (χ1) is 9.69. The van der Waals surface area contributed by atoms with Crippen molar-refractivity contribution in [1.82, 2.24) is 20.4 Å². The highest BCUT2D eigenvalue weighted by Crippen LogP contribution is 2.27. The van der Waals surface area contributed by atoms with Crippen LogP contribution in [0.2, 0.25) is 0 Å². The Morgan fingerprint density at radius 1 is 1.45 bits per heavy atom. The fourth-order valence-corrected chi connectivity index (χ4v) is 2.96. The topological polar surface area (TPSA) is 54.2 Å². The van der Waals surface area contributed by atoms with Gasteiger partial charge in [0.25, 0.3) is 0 Å². The van der Waals surface area contributed by atoms with Crippen LogP contribution in [0.15, 0.2) is 17.3 Å². The van der Waals surface area contributed by atoms with Crippen molar-refractivity contribution in [3.05, 3.63) is 18.0 Å². The van der Waals surface area contributed by atoms with Gasteiger partial charge in [-0.2, -0.15) is 5.10 Å². The molecule has 1 heterocycles. The normalized spacial score (nSPS) is 23.6. The van der Waals surface area contributed by atoms with Gasteiger partial charge in [-0.25, -0.2) is 0 Å². The van der Waals surface area contributed by atoms with Crippen LogP contribution in [0, 0.1) is 11.8 Å². The van der Waals surface area contributed by atoms with Crippen LogP contribution in [-0.2, 0) is 13.6 Å². The fourth-order valence-electron chi connectivity index (χ4n) is 2.96. The molecule has 1 aromatic rings. The lowest BCUT2D eigenvalue weighted by atomic mass is 9.82. The van der Waals surface area contributed by atoms with Gasteiger partial charge in [0.1, 0.15) is 0 Å². The zero-order valence-electron chi connectivity index (χ0n) is 12.9. The number of nitrogens with one attached hydrogen (secondary N) is 2. The average Bonchev–Trinajstić information content (AvgIpc) is 2.85. The number of guanidine groups is 1. The van der Waals surface area contributed by atoms with Crippen molar-refractivity contribution in [3.63, 3.8) is 0 Å². The molecule has 2 rings (SSSR count). The van der Waals surface area contributed by atoms with Crippen LogP contribution in [-0.4, -0.2) is 29.3 Å². The Bertz CT molecular complexity index is 437. The van der Waals surface area contributed by atoms with Gasteiger partial charge in [-0.05, 0) is 30.7 Å². The van der Waals surface area contributed by atoms with E-state index in [1.54, 1.807) is 0 Å². The predicted octanol–water partition coefficient (Wildman–Crippen LogP) is 1.91. The van der Waals surface area contributed by atoms with Gasteiger partial charge in [0.15, 0.2) is 5.96 Å². The Hall–Kier alpha value is -1.52. The van der Waals surface area contributed by atoms with Crippen molar-refractivity contribution >= 4 is 5.96 Å². The van der Waals surface area contributed by atoms with E-state index < -0.39 is 0 Å². The minimum atomic E-state index is 0.747. The van der Waals surface area contributed by atoms with Crippen molar-refractivity contribution in [1.29, 1.82) is 0 Å². The molecule has 112 valence electrons. The Morgan fingerprint density at radius 3 is 2.95 bits per heavy atom. The lowest BCUT2D eigenvalue weighted by Crippen LogP contribution is -2.40. The summed E-state index contributed by atoms with van der Waals surface area (Å²) in [5.41, 5.74) is 1.15. The number of rotatable bonds is 4. The molecule has 2 N–H and O–H groups in total. The smallest absolute Gasteiger partial charge is 0.191 e. The molecule has 0 aliphatic heterocycles. The van der Waals surface area contributed by atoms with Gasteiger partial charge >= 0.3 is 0 Å². The molecule has 20 heavy (non-hydrogen) atoms. The molecule has 0 amide bonds. The van der Waals surface area contributed by atoms with Crippen LogP contribution in [0.1, 0.15) is 38.3 Å². The highest BCUT2D eigenvalue weighted by atomic mass is 15.3. The zero-order valence-corrected chi connectivity index (χ0v) is 12.9. The van der Waals surface area contributed by atoms with Crippen LogP contribution >= 0.6 is 0 Å². The van der Waals surface area contributed by atoms with Gasteiger partial charge in [-0.1, -0.05) is 19.8 Å². The molecular formula is C15H27N5. The Labute approximate surface area is 121 Å². The average molecular weight is 277 g/mol. The van der Waals surface area contributed by atoms with E-state index in [1.807, 2.05) is 31.0 Å². The number of hydrogen-bond acceptors (Lipinski definition) is 2. The van der Waals surface area contributed by atoms with Crippen molar-refractivity contribution < 1.29 is 0 Å². The van der Waals surface area contributed by atoms with E-state index >= 15 is 0 Å². The minimum Gasteiger partial charge on any atom is -0.356 e. The first-order valence-electron chi connectivity index (χ1n) is 7.60. The maximum atomic E-state index is 4.29. The zero-order chi connectivity index (χ0) is 14.4. The Balaban J connectivity index is 1.74. The van der Waals surface area contributed by atoms with Crippen molar-refractivity contribution in [2.24, 2.45) is 23.9 Å². The largest absolute Gasteiger partial charge is 0.356 e. The van der Waals surface area contributed by atoms with Gasteiger partial charge < -0.3 is 10.6 Å². The molecule has 0 spiro atoms. The second-order valence-electron chi connectivity index (χ2n) is 5.89. The van der Waals surface area contributed by atoms with Crippen LogP contribution in [0.4, 0.5) is 0 Å². The van der Waals surface area contributed by atoms with E-state index in [2.05, 4.69) is 27.6 Å². The number of aromatic nitrogens is 2.